The Morgan fingerprint density at radius 2 is 1.96 bits per heavy atom. The van der Waals surface area contributed by atoms with E-state index in [1.165, 1.54) is 0 Å². The van der Waals surface area contributed by atoms with Gasteiger partial charge in [-0.05, 0) is 32.9 Å². The van der Waals surface area contributed by atoms with Gasteiger partial charge in [0.05, 0.1) is 0 Å². The minimum Gasteiger partial charge on any atom is -0.444 e. The predicted octanol–water partition coefficient (Wildman–Crippen LogP) is 2.07. The second-order valence-electron chi connectivity index (χ2n) is 6.92. The van der Waals surface area contributed by atoms with Gasteiger partial charge in [-0.1, -0.05) is 6.07 Å². The molecule has 2 heterocycles. The van der Waals surface area contributed by atoms with Gasteiger partial charge in [0.2, 0.25) is 0 Å². The molecular weight excluding hydrogens is 292 g/mol. The highest BCUT2D eigenvalue weighted by atomic mass is 16.6. The molecule has 0 atom stereocenters. The minimum absolute atomic E-state index is 0.260. The predicted molar refractivity (Wildman–Crippen MR) is 91.8 cm³/mol. The molecule has 0 N–H and O–H groups in total. The summed E-state index contributed by atoms with van der Waals surface area (Å²) in [5.41, 5.74) is -0.445. The number of amides is 1. The van der Waals surface area contributed by atoms with E-state index in [1.807, 2.05) is 45.2 Å². The molecule has 1 aliphatic heterocycles. The Bertz CT molecular complexity index is 493. The third-order valence-corrected chi connectivity index (χ3v) is 3.80. The van der Waals surface area contributed by atoms with Crippen molar-refractivity contribution in [2.75, 3.05) is 51.2 Å². The van der Waals surface area contributed by atoms with Crippen LogP contribution in [0.25, 0.3) is 0 Å². The van der Waals surface area contributed by atoms with Gasteiger partial charge in [-0.3, -0.25) is 4.90 Å². The Hall–Kier alpha value is -1.82. The number of nitrogens with zero attached hydrogens (tertiary/aromatic N) is 4. The second-order valence-corrected chi connectivity index (χ2v) is 6.92. The van der Waals surface area contributed by atoms with Crippen LogP contribution in [0.4, 0.5) is 10.6 Å². The monoisotopic (exact) mass is 320 g/mol. The summed E-state index contributed by atoms with van der Waals surface area (Å²) in [5, 5.41) is 0. The number of carbonyl (C=O) groups excluding carboxylic acids is 1. The van der Waals surface area contributed by atoms with E-state index in [2.05, 4.69) is 14.8 Å². The lowest BCUT2D eigenvalue weighted by atomic mass is 10.2. The number of likely N-dealkylation sites (N-methyl/N-ethyl adjacent to an activating group) is 1. The largest absolute Gasteiger partial charge is 0.444 e. The highest BCUT2D eigenvalue weighted by molar-refractivity contribution is 5.67. The highest BCUT2D eigenvalue weighted by Crippen LogP contribution is 2.13. The lowest BCUT2D eigenvalue weighted by Crippen LogP contribution is -2.49. The van der Waals surface area contributed by atoms with Crippen molar-refractivity contribution in [2.45, 2.75) is 26.4 Å². The van der Waals surface area contributed by atoms with Crippen LogP contribution in [0.15, 0.2) is 24.4 Å². The van der Waals surface area contributed by atoms with E-state index in [0.29, 0.717) is 6.54 Å². The normalized spacial score (nSPS) is 16.3. The number of hydrogen-bond donors (Lipinski definition) is 0. The van der Waals surface area contributed by atoms with E-state index in [9.17, 15) is 4.79 Å². The molecule has 1 fully saturated rings. The summed E-state index contributed by atoms with van der Waals surface area (Å²) in [6.45, 7) is 11.1. The van der Waals surface area contributed by atoms with Crippen molar-refractivity contribution in [1.29, 1.82) is 0 Å². The fourth-order valence-corrected chi connectivity index (χ4v) is 2.46. The van der Waals surface area contributed by atoms with Crippen molar-refractivity contribution in [3.05, 3.63) is 24.4 Å². The summed E-state index contributed by atoms with van der Waals surface area (Å²) in [6.07, 6.45) is 1.57. The van der Waals surface area contributed by atoms with E-state index < -0.39 is 5.60 Å². The van der Waals surface area contributed by atoms with Crippen LogP contribution in [0.5, 0.6) is 0 Å². The summed E-state index contributed by atoms with van der Waals surface area (Å²) in [7, 11) is 1.79. The number of hydrogen-bond acceptors (Lipinski definition) is 5. The Kier molecular flexibility index (Phi) is 5.82. The van der Waals surface area contributed by atoms with E-state index >= 15 is 0 Å². The van der Waals surface area contributed by atoms with Gasteiger partial charge < -0.3 is 14.5 Å². The molecule has 1 aliphatic rings. The average molecular weight is 320 g/mol. The van der Waals surface area contributed by atoms with Crippen molar-refractivity contribution < 1.29 is 9.53 Å². The maximum atomic E-state index is 11.9. The Labute approximate surface area is 139 Å². The van der Waals surface area contributed by atoms with Gasteiger partial charge in [0, 0.05) is 52.5 Å². The topological polar surface area (TPSA) is 48.9 Å². The fraction of sp³-hybridized carbons (Fsp3) is 0.647. The number of aromatic nitrogens is 1. The molecule has 6 nitrogen and oxygen atoms in total. The molecule has 0 bridgehead atoms. The molecule has 0 aromatic carbocycles. The molecule has 128 valence electrons. The van der Waals surface area contributed by atoms with Gasteiger partial charge >= 0.3 is 6.09 Å². The molecule has 1 aromatic heterocycles. The third kappa shape index (κ3) is 5.71. The maximum Gasteiger partial charge on any atom is 0.410 e. The Morgan fingerprint density at radius 1 is 1.26 bits per heavy atom. The summed E-state index contributed by atoms with van der Waals surface area (Å²) in [6, 6.07) is 6.00. The van der Waals surface area contributed by atoms with Crippen LogP contribution in [0.2, 0.25) is 0 Å². The van der Waals surface area contributed by atoms with Gasteiger partial charge in [0.15, 0.2) is 0 Å². The van der Waals surface area contributed by atoms with Gasteiger partial charge in [0.1, 0.15) is 11.4 Å². The first-order valence-electron chi connectivity index (χ1n) is 8.17. The molecule has 0 radical (unpaired) electrons. The van der Waals surface area contributed by atoms with E-state index in [4.69, 9.17) is 4.74 Å². The van der Waals surface area contributed by atoms with Crippen LogP contribution in [-0.4, -0.2) is 72.8 Å². The van der Waals surface area contributed by atoms with Crippen LogP contribution in [-0.2, 0) is 4.74 Å². The van der Waals surface area contributed by atoms with Crippen LogP contribution < -0.4 is 4.90 Å². The zero-order chi connectivity index (χ0) is 16.9. The molecule has 0 spiro atoms. The number of pyridine rings is 1. The van der Waals surface area contributed by atoms with Crippen molar-refractivity contribution in [3.63, 3.8) is 0 Å². The first-order chi connectivity index (χ1) is 10.8. The van der Waals surface area contributed by atoms with Crippen molar-refractivity contribution >= 4 is 11.9 Å². The molecule has 1 amide bonds. The lowest BCUT2D eigenvalue weighted by Gasteiger charge is -2.36. The van der Waals surface area contributed by atoms with E-state index in [-0.39, 0.29) is 6.09 Å². The van der Waals surface area contributed by atoms with Crippen LogP contribution in [0.1, 0.15) is 20.8 Å². The molecule has 0 unspecified atom stereocenters. The first-order valence-corrected chi connectivity index (χ1v) is 8.17. The number of carbonyl (C=O) groups is 1. The molecule has 6 heteroatoms. The standard InChI is InChI=1S/C17H28N4O2/c1-17(2,3)23-16(22)19(4)9-10-20-11-13-21(14-12-20)15-7-5-6-8-18-15/h5-8H,9-14H2,1-4H3. The van der Waals surface area contributed by atoms with Crippen molar-refractivity contribution in [2.24, 2.45) is 0 Å². The summed E-state index contributed by atoms with van der Waals surface area (Å²) >= 11 is 0. The summed E-state index contributed by atoms with van der Waals surface area (Å²) in [4.78, 5) is 22.7. The molecule has 23 heavy (non-hydrogen) atoms. The summed E-state index contributed by atoms with van der Waals surface area (Å²) < 4.78 is 5.37. The fourth-order valence-electron chi connectivity index (χ4n) is 2.46. The Morgan fingerprint density at radius 3 is 2.52 bits per heavy atom. The van der Waals surface area contributed by atoms with Crippen LogP contribution >= 0.6 is 0 Å². The number of rotatable bonds is 4. The van der Waals surface area contributed by atoms with Gasteiger partial charge in [-0.15, -0.1) is 0 Å². The number of anilines is 1. The smallest absolute Gasteiger partial charge is 0.410 e. The maximum absolute atomic E-state index is 11.9. The highest BCUT2D eigenvalue weighted by Gasteiger charge is 2.21. The van der Waals surface area contributed by atoms with E-state index in [0.717, 1.165) is 38.5 Å². The SMILES string of the molecule is CN(CCN1CCN(c2ccccn2)CC1)C(=O)OC(C)(C)C. The molecule has 1 saturated heterocycles. The third-order valence-electron chi connectivity index (χ3n) is 3.80. The zero-order valence-corrected chi connectivity index (χ0v) is 14.7. The minimum atomic E-state index is -0.445. The van der Waals surface area contributed by atoms with Gasteiger partial charge in [-0.25, -0.2) is 9.78 Å². The van der Waals surface area contributed by atoms with Crippen LogP contribution in [0.3, 0.4) is 0 Å². The first kappa shape index (κ1) is 17.5. The number of piperazine rings is 1. The Balaban J connectivity index is 1.71. The zero-order valence-electron chi connectivity index (χ0n) is 14.7. The van der Waals surface area contributed by atoms with Crippen molar-refractivity contribution in [3.8, 4) is 0 Å². The number of ether oxygens (including phenoxy) is 1. The van der Waals surface area contributed by atoms with Crippen molar-refractivity contribution in [1.82, 2.24) is 14.8 Å². The second kappa shape index (κ2) is 7.64. The molecule has 0 saturated carbocycles. The molecule has 0 aliphatic carbocycles. The molecule has 1 aromatic rings. The van der Waals surface area contributed by atoms with E-state index in [1.54, 1.807) is 11.9 Å². The molecule has 2 rings (SSSR count). The van der Waals surface area contributed by atoms with Crippen LogP contribution in [0, 0.1) is 0 Å². The van der Waals surface area contributed by atoms with Gasteiger partial charge in [0.25, 0.3) is 0 Å². The molecular formula is C17H28N4O2. The summed E-state index contributed by atoms with van der Waals surface area (Å²) in [5.74, 6) is 1.04. The quantitative estimate of drug-likeness (QED) is 0.850. The van der Waals surface area contributed by atoms with Gasteiger partial charge in [-0.2, -0.15) is 0 Å². The average Bonchev–Trinajstić information content (AvgIpc) is 2.52. The lowest BCUT2D eigenvalue weighted by molar-refractivity contribution is 0.0282.